The molecular formula is C21H29ClN4O6S. The molecule has 1 aromatic rings. The Morgan fingerprint density at radius 1 is 1.21 bits per heavy atom. The lowest BCUT2D eigenvalue weighted by Gasteiger charge is -2.34. The van der Waals surface area contributed by atoms with Crippen LogP contribution in [0, 0.1) is 0 Å². The molecule has 2 N–H and O–H groups in total. The summed E-state index contributed by atoms with van der Waals surface area (Å²) >= 11 is 6.09. The second-order valence-electron chi connectivity index (χ2n) is 8.24. The van der Waals surface area contributed by atoms with E-state index in [9.17, 15) is 22.8 Å². The van der Waals surface area contributed by atoms with E-state index in [4.69, 9.17) is 16.3 Å². The lowest BCUT2D eigenvalue weighted by atomic mass is 10.1. The summed E-state index contributed by atoms with van der Waals surface area (Å²) in [6.07, 6.45) is 2.64. The number of rotatable bonds is 8. The zero-order valence-electron chi connectivity index (χ0n) is 18.7. The van der Waals surface area contributed by atoms with Crippen molar-refractivity contribution >= 4 is 45.0 Å². The van der Waals surface area contributed by atoms with Crippen molar-refractivity contribution in [2.45, 2.75) is 49.6 Å². The first-order valence-corrected chi connectivity index (χ1v) is 12.6. The summed E-state index contributed by atoms with van der Waals surface area (Å²) in [5, 5.41) is 2.57. The van der Waals surface area contributed by atoms with E-state index < -0.39 is 22.0 Å². The quantitative estimate of drug-likeness (QED) is 0.552. The number of ether oxygens (including phenoxy) is 1. The number of halogens is 1. The van der Waals surface area contributed by atoms with Gasteiger partial charge in [0.15, 0.2) is 0 Å². The van der Waals surface area contributed by atoms with Crippen LogP contribution in [0.1, 0.15) is 32.6 Å². The van der Waals surface area contributed by atoms with Gasteiger partial charge in [0.1, 0.15) is 6.04 Å². The van der Waals surface area contributed by atoms with Crippen molar-refractivity contribution in [3.8, 4) is 0 Å². The molecule has 2 heterocycles. The maximum Gasteiger partial charge on any atom is 0.242 e. The second kappa shape index (κ2) is 10.8. The average molecular weight is 501 g/mol. The number of amides is 3. The van der Waals surface area contributed by atoms with Gasteiger partial charge in [-0.1, -0.05) is 11.6 Å². The molecule has 182 valence electrons. The fraction of sp³-hybridized carbons (Fsp3) is 0.571. The van der Waals surface area contributed by atoms with Crippen LogP contribution in [0.2, 0.25) is 5.02 Å². The molecule has 0 saturated carbocycles. The van der Waals surface area contributed by atoms with Crippen LogP contribution in [0.15, 0.2) is 23.1 Å². The molecule has 10 nitrogen and oxygen atoms in total. The molecule has 0 bridgehead atoms. The average Bonchev–Trinajstić information content (AvgIpc) is 3.20. The molecule has 3 rings (SSSR count). The number of nitrogens with zero attached hydrogens (tertiary/aromatic N) is 2. The molecule has 1 unspecified atom stereocenters. The second-order valence-corrected chi connectivity index (χ2v) is 10.4. The van der Waals surface area contributed by atoms with Crippen LogP contribution in [-0.4, -0.2) is 81.4 Å². The lowest BCUT2D eigenvalue weighted by Crippen LogP contribution is -2.55. The number of likely N-dealkylation sites (tertiary alicyclic amines) is 2. The summed E-state index contributed by atoms with van der Waals surface area (Å²) in [5.74, 6) is -0.927. The Kier molecular flexibility index (Phi) is 8.33. The molecule has 0 aromatic heterocycles. The Labute approximate surface area is 198 Å². The maximum absolute atomic E-state index is 13.0. The fourth-order valence-corrected chi connectivity index (χ4v) is 5.74. The highest BCUT2D eigenvalue weighted by atomic mass is 35.5. The summed E-state index contributed by atoms with van der Waals surface area (Å²) in [6.45, 7) is 2.69. The van der Waals surface area contributed by atoms with Gasteiger partial charge >= 0.3 is 0 Å². The zero-order chi connectivity index (χ0) is 24.2. The van der Waals surface area contributed by atoms with Crippen molar-refractivity contribution in [3.05, 3.63) is 23.2 Å². The number of piperidine rings is 1. The minimum Gasteiger partial charge on any atom is -0.383 e. The minimum absolute atomic E-state index is 0.00176. The summed E-state index contributed by atoms with van der Waals surface area (Å²) < 4.78 is 33.4. The van der Waals surface area contributed by atoms with Gasteiger partial charge < -0.3 is 19.9 Å². The number of methoxy groups -OCH3 is 1. The van der Waals surface area contributed by atoms with Crippen LogP contribution >= 0.6 is 11.6 Å². The molecule has 2 aliphatic rings. The predicted molar refractivity (Wildman–Crippen MR) is 122 cm³/mol. The molecule has 3 amide bonds. The van der Waals surface area contributed by atoms with Gasteiger partial charge in [0.2, 0.25) is 27.7 Å². The van der Waals surface area contributed by atoms with Crippen LogP contribution in [0.3, 0.4) is 0 Å². The van der Waals surface area contributed by atoms with Crippen molar-refractivity contribution in [1.29, 1.82) is 0 Å². The Morgan fingerprint density at radius 2 is 1.94 bits per heavy atom. The van der Waals surface area contributed by atoms with Gasteiger partial charge in [0.05, 0.1) is 34.8 Å². The van der Waals surface area contributed by atoms with Gasteiger partial charge in [-0.3, -0.25) is 14.4 Å². The highest BCUT2D eigenvalue weighted by molar-refractivity contribution is 7.89. The standard InChI is InChI=1S/C21H29ClN4O6S/c1-14(27)23-18-8-7-16(11-17(18)22)33(30,31)24-19-6-4-9-25(21(19)29)12-20(28)26-10-3-5-15(26)13-32-2/h7-8,11,15,19,24H,3-6,9-10,12-13H2,1-2H3,(H,23,27)/t15?,19-/m0/s1. The summed E-state index contributed by atoms with van der Waals surface area (Å²) in [7, 11) is -2.46. The number of sulfonamides is 1. The smallest absolute Gasteiger partial charge is 0.242 e. The van der Waals surface area contributed by atoms with E-state index in [1.165, 1.54) is 30.0 Å². The molecule has 2 fully saturated rings. The molecule has 12 heteroatoms. The van der Waals surface area contributed by atoms with Gasteiger partial charge in [-0.05, 0) is 43.9 Å². The highest BCUT2D eigenvalue weighted by Crippen LogP contribution is 2.26. The predicted octanol–water partition coefficient (Wildman–Crippen LogP) is 1.21. The van der Waals surface area contributed by atoms with E-state index in [1.54, 1.807) is 12.0 Å². The van der Waals surface area contributed by atoms with E-state index in [0.29, 0.717) is 32.5 Å². The number of carbonyl (C=O) groups excluding carboxylic acids is 3. The van der Waals surface area contributed by atoms with E-state index in [0.717, 1.165) is 12.8 Å². The first-order chi connectivity index (χ1) is 15.6. The topological polar surface area (TPSA) is 125 Å². The molecule has 2 atom stereocenters. The number of nitrogens with one attached hydrogen (secondary N) is 2. The molecule has 0 aliphatic carbocycles. The van der Waals surface area contributed by atoms with Crippen LogP contribution in [0.25, 0.3) is 0 Å². The van der Waals surface area contributed by atoms with Gasteiger partial charge in [-0.25, -0.2) is 8.42 Å². The van der Waals surface area contributed by atoms with E-state index in [1.807, 2.05) is 0 Å². The largest absolute Gasteiger partial charge is 0.383 e. The highest BCUT2D eigenvalue weighted by Gasteiger charge is 2.36. The molecule has 0 spiro atoms. The summed E-state index contributed by atoms with van der Waals surface area (Å²) in [5.41, 5.74) is 0.287. The SMILES string of the molecule is COCC1CCCN1C(=O)CN1CCC[C@H](NS(=O)(=O)c2ccc(NC(C)=O)c(Cl)c2)C1=O. The molecule has 1 aromatic carbocycles. The maximum atomic E-state index is 13.0. The van der Waals surface area contributed by atoms with Crippen LogP contribution < -0.4 is 10.0 Å². The van der Waals surface area contributed by atoms with Crippen LogP contribution in [0.5, 0.6) is 0 Å². The monoisotopic (exact) mass is 500 g/mol. The zero-order valence-corrected chi connectivity index (χ0v) is 20.2. The molecule has 2 aliphatic heterocycles. The number of anilines is 1. The lowest BCUT2D eigenvalue weighted by molar-refractivity contribution is -0.144. The van der Waals surface area contributed by atoms with E-state index in [2.05, 4.69) is 10.0 Å². The number of carbonyl (C=O) groups is 3. The van der Waals surface area contributed by atoms with Crippen molar-refractivity contribution < 1.29 is 27.5 Å². The van der Waals surface area contributed by atoms with Gasteiger partial charge in [0.25, 0.3) is 0 Å². The third-order valence-electron chi connectivity index (χ3n) is 5.77. The third kappa shape index (κ3) is 6.23. The van der Waals surface area contributed by atoms with Crippen molar-refractivity contribution in [3.63, 3.8) is 0 Å². The normalized spacial score (nSPS) is 21.4. The Balaban J connectivity index is 1.66. The van der Waals surface area contributed by atoms with E-state index in [-0.39, 0.29) is 40.0 Å². The Hall–Kier alpha value is -2.21. The molecule has 0 radical (unpaired) electrons. The van der Waals surface area contributed by atoms with Crippen molar-refractivity contribution in [2.24, 2.45) is 0 Å². The van der Waals surface area contributed by atoms with E-state index >= 15 is 0 Å². The summed E-state index contributed by atoms with van der Waals surface area (Å²) in [4.78, 5) is 40.0. The van der Waals surface area contributed by atoms with Gasteiger partial charge in [-0.2, -0.15) is 4.72 Å². The fourth-order valence-electron chi connectivity index (χ4n) is 4.20. The molecular weight excluding hydrogens is 472 g/mol. The Morgan fingerprint density at radius 3 is 2.61 bits per heavy atom. The van der Waals surface area contributed by atoms with Crippen molar-refractivity contribution in [1.82, 2.24) is 14.5 Å². The van der Waals surface area contributed by atoms with Crippen LogP contribution in [-0.2, 0) is 29.1 Å². The first kappa shape index (κ1) is 25.4. The third-order valence-corrected chi connectivity index (χ3v) is 7.55. The molecule has 2 saturated heterocycles. The minimum atomic E-state index is -4.05. The number of benzene rings is 1. The van der Waals surface area contributed by atoms with Gasteiger partial charge in [0, 0.05) is 27.1 Å². The van der Waals surface area contributed by atoms with Gasteiger partial charge in [-0.15, -0.1) is 0 Å². The summed E-state index contributed by atoms with van der Waals surface area (Å²) in [6, 6.07) is 2.93. The first-order valence-electron chi connectivity index (χ1n) is 10.8. The Bertz CT molecular complexity index is 1020. The van der Waals surface area contributed by atoms with Crippen molar-refractivity contribution in [2.75, 3.05) is 38.7 Å². The molecule has 33 heavy (non-hydrogen) atoms. The number of hydrogen-bond donors (Lipinski definition) is 2. The number of hydrogen-bond acceptors (Lipinski definition) is 6. The van der Waals surface area contributed by atoms with Crippen LogP contribution in [0.4, 0.5) is 5.69 Å².